The molecule has 3 aliphatic rings. The molecule has 26 heavy (non-hydrogen) atoms. The molecule has 1 unspecified atom stereocenters. The zero-order valence-corrected chi connectivity index (χ0v) is 15.5. The Kier molecular flexibility index (Phi) is 4.11. The van der Waals surface area contributed by atoms with Gasteiger partial charge in [0.2, 0.25) is 5.13 Å². The molecule has 1 atom stereocenters. The van der Waals surface area contributed by atoms with Crippen molar-refractivity contribution in [1.29, 1.82) is 0 Å². The fraction of sp³-hybridized carbons (Fsp3) is 0.706. The molecule has 2 fully saturated rings. The molecule has 2 aromatic heterocycles. The molecule has 5 rings (SSSR count). The van der Waals surface area contributed by atoms with Crippen LogP contribution in [0.3, 0.4) is 0 Å². The van der Waals surface area contributed by atoms with Crippen LogP contribution in [0.15, 0.2) is 0 Å². The highest BCUT2D eigenvalue weighted by Gasteiger charge is 2.35. The lowest BCUT2D eigenvalue weighted by molar-refractivity contribution is 0.203. The van der Waals surface area contributed by atoms with E-state index in [-0.39, 0.29) is 12.1 Å². The average molecular weight is 373 g/mol. The number of aryl methyl sites for hydroxylation is 1. The van der Waals surface area contributed by atoms with Crippen LogP contribution in [0.25, 0.3) is 0 Å². The Hall–Kier alpha value is -2.03. The number of rotatable bonds is 3. The second kappa shape index (κ2) is 6.61. The number of amides is 2. The van der Waals surface area contributed by atoms with E-state index in [0.717, 1.165) is 55.4 Å². The van der Waals surface area contributed by atoms with Crippen LogP contribution in [0.4, 0.5) is 9.93 Å². The summed E-state index contributed by atoms with van der Waals surface area (Å²) in [7, 11) is 0. The van der Waals surface area contributed by atoms with Crippen molar-refractivity contribution in [2.45, 2.75) is 69.9 Å². The normalized spacial score (nSPS) is 22.9. The first-order valence-electron chi connectivity index (χ1n) is 9.62. The fourth-order valence-electron chi connectivity index (χ4n) is 3.98. The molecule has 1 saturated heterocycles. The second-order valence-corrected chi connectivity index (χ2v) is 8.45. The van der Waals surface area contributed by atoms with Crippen LogP contribution < -0.4 is 5.32 Å². The first kappa shape index (κ1) is 16.2. The van der Waals surface area contributed by atoms with Crippen molar-refractivity contribution in [2.24, 2.45) is 0 Å². The summed E-state index contributed by atoms with van der Waals surface area (Å²) in [6.45, 7) is 1.71. The fourth-order valence-corrected chi connectivity index (χ4v) is 4.88. The molecule has 0 spiro atoms. The van der Waals surface area contributed by atoms with Gasteiger partial charge in [0.05, 0.1) is 6.04 Å². The summed E-state index contributed by atoms with van der Waals surface area (Å²) in [6, 6.07) is -0.0952. The van der Waals surface area contributed by atoms with Gasteiger partial charge in [-0.1, -0.05) is 17.8 Å². The Balaban J connectivity index is 1.33. The number of aromatic nitrogens is 5. The number of urea groups is 1. The Morgan fingerprint density at radius 2 is 1.92 bits per heavy atom. The molecule has 2 aliphatic heterocycles. The summed E-state index contributed by atoms with van der Waals surface area (Å²) in [5.41, 5.74) is 0. The van der Waals surface area contributed by atoms with Crippen LogP contribution in [0.5, 0.6) is 0 Å². The van der Waals surface area contributed by atoms with Crippen LogP contribution in [-0.4, -0.2) is 42.4 Å². The molecule has 138 valence electrons. The van der Waals surface area contributed by atoms with E-state index in [2.05, 4.69) is 30.3 Å². The maximum absolute atomic E-state index is 12.8. The highest BCUT2D eigenvalue weighted by Crippen LogP contribution is 2.42. The van der Waals surface area contributed by atoms with Gasteiger partial charge in [-0.15, -0.1) is 20.4 Å². The number of nitrogens with one attached hydrogen (secondary N) is 1. The molecule has 9 heteroatoms. The van der Waals surface area contributed by atoms with Gasteiger partial charge in [-0.2, -0.15) is 0 Å². The second-order valence-electron chi connectivity index (χ2n) is 7.44. The van der Waals surface area contributed by atoms with E-state index in [0.29, 0.717) is 11.0 Å². The van der Waals surface area contributed by atoms with E-state index in [1.807, 2.05) is 4.90 Å². The molecule has 1 aliphatic carbocycles. The molecule has 2 amide bonds. The van der Waals surface area contributed by atoms with Crippen molar-refractivity contribution in [3.8, 4) is 0 Å². The van der Waals surface area contributed by atoms with Crippen molar-refractivity contribution in [2.75, 3.05) is 11.9 Å². The molecule has 1 saturated carbocycles. The van der Waals surface area contributed by atoms with Crippen LogP contribution in [-0.2, 0) is 13.0 Å². The van der Waals surface area contributed by atoms with Crippen molar-refractivity contribution >= 4 is 22.5 Å². The minimum Gasteiger partial charge on any atom is -0.314 e. The third-order valence-corrected chi connectivity index (χ3v) is 6.53. The number of hydrogen-bond acceptors (Lipinski definition) is 6. The van der Waals surface area contributed by atoms with Gasteiger partial charge in [-0.25, -0.2) is 4.79 Å². The highest BCUT2D eigenvalue weighted by molar-refractivity contribution is 7.15. The van der Waals surface area contributed by atoms with E-state index < -0.39 is 0 Å². The molecule has 4 heterocycles. The first-order valence-corrected chi connectivity index (χ1v) is 10.4. The molecular formula is C17H23N7OS. The Labute approximate surface area is 156 Å². The molecule has 0 radical (unpaired) electrons. The van der Waals surface area contributed by atoms with Gasteiger partial charge in [-0.3, -0.25) is 5.32 Å². The summed E-state index contributed by atoms with van der Waals surface area (Å²) >= 11 is 1.50. The third-order valence-electron chi connectivity index (χ3n) is 5.53. The lowest BCUT2D eigenvalue weighted by Crippen LogP contribution is -2.35. The van der Waals surface area contributed by atoms with Gasteiger partial charge in [0, 0.05) is 25.4 Å². The highest BCUT2D eigenvalue weighted by atomic mass is 32.1. The number of nitrogens with zero attached hydrogens (tertiary/aromatic N) is 6. The number of hydrogen-bond donors (Lipinski definition) is 1. The molecule has 1 N–H and O–H groups in total. The zero-order valence-electron chi connectivity index (χ0n) is 14.7. The smallest absolute Gasteiger partial charge is 0.314 e. The van der Waals surface area contributed by atoms with Gasteiger partial charge >= 0.3 is 6.03 Å². The Bertz CT molecular complexity index is 812. The van der Waals surface area contributed by atoms with Crippen LogP contribution in [0, 0.1) is 0 Å². The zero-order chi connectivity index (χ0) is 17.5. The monoisotopic (exact) mass is 373 g/mol. The van der Waals surface area contributed by atoms with Crippen molar-refractivity contribution in [3.05, 3.63) is 16.7 Å². The van der Waals surface area contributed by atoms with Gasteiger partial charge < -0.3 is 9.47 Å². The van der Waals surface area contributed by atoms with Crippen molar-refractivity contribution in [3.63, 3.8) is 0 Å². The molecular weight excluding hydrogens is 350 g/mol. The summed E-state index contributed by atoms with van der Waals surface area (Å²) in [4.78, 5) is 14.7. The quantitative estimate of drug-likeness (QED) is 0.893. The van der Waals surface area contributed by atoms with Crippen molar-refractivity contribution < 1.29 is 4.79 Å². The lowest BCUT2D eigenvalue weighted by Gasteiger charge is -2.24. The van der Waals surface area contributed by atoms with Crippen LogP contribution >= 0.6 is 11.3 Å². The predicted octanol–water partition coefficient (Wildman–Crippen LogP) is 3.10. The van der Waals surface area contributed by atoms with E-state index in [9.17, 15) is 4.79 Å². The van der Waals surface area contributed by atoms with Crippen LogP contribution in [0.1, 0.15) is 73.6 Å². The SMILES string of the molecule is O=C(Nc1nnc(C2CC2)s1)N1CCCC1c1nnc2n1CCCCC2. The van der Waals surface area contributed by atoms with E-state index in [1.54, 1.807) is 0 Å². The molecule has 0 aromatic carbocycles. The number of carbonyl (C=O) groups excluding carboxylic acids is 1. The van der Waals surface area contributed by atoms with Gasteiger partial charge in [0.15, 0.2) is 5.82 Å². The molecule has 0 bridgehead atoms. The van der Waals surface area contributed by atoms with Gasteiger partial charge in [0.25, 0.3) is 0 Å². The molecule has 2 aromatic rings. The summed E-state index contributed by atoms with van der Waals surface area (Å²) in [6.07, 6.45) is 8.86. The Morgan fingerprint density at radius 1 is 1.00 bits per heavy atom. The summed E-state index contributed by atoms with van der Waals surface area (Å²) in [5, 5.41) is 21.8. The number of carbonyl (C=O) groups is 1. The van der Waals surface area contributed by atoms with E-state index >= 15 is 0 Å². The predicted molar refractivity (Wildman–Crippen MR) is 97.2 cm³/mol. The van der Waals surface area contributed by atoms with Crippen LogP contribution in [0.2, 0.25) is 0 Å². The maximum atomic E-state index is 12.8. The van der Waals surface area contributed by atoms with E-state index in [1.165, 1.54) is 37.0 Å². The lowest BCUT2D eigenvalue weighted by atomic mass is 10.2. The minimum absolute atomic E-state index is 0.00479. The van der Waals surface area contributed by atoms with Gasteiger partial charge in [-0.05, 0) is 38.5 Å². The minimum atomic E-state index is -0.100. The number of likely N-dealkylation sites (tertiary alicyclic amines) is 1. The average Bonchev–Trinajstić information content (AvgIpc) is 3.08. The number of fused-ring (bicyclic) bond motifs is 1. The van der Waals surface area contributed by atoms with E-state index in [4.69, 9.17) is 0 Å². The van der Waals surface area contributed by atoms with Gasteiger partial charge in [0.1, 0.15) is 10.8 Å². The first-order chi connectivity index (χ1) is 12.8. The topological polar surface area (TPSA) is 88.8 Å². The largest absolute Gasteiger partial charge is 0.324 e. The standard InChI is InChI=1S/C17H23N7OS/c25-17(18-16-22-21-15(26-16)11-7-8-11)23-10-4-5-12(23)14-20-19-13-6-2-1-3-9-24(13)14/h11-12H,1-10H2,(H,18,22,25). The molecule has 8 nitrogen and oxygen atoms in total. The third kappa shape index (κ3) is 2.98. The Morgan fingerprint density at radius 3 is 2.81 bits per heavy atom. The maximum Gasteiger partial charge on any atom is 0.324 e. The van der Waals surface area contributed by atoms with Crippen molar-refractivity contribution in [1.82, 2.24) is 29.9 Å². The summed E-state index contributed by atoms with van der Waals surface area (Å²) in [5.74, 6) is 2.58. The summed E-state index contributed by atoms with van der Waals surface area (Å²) < 4.78 is 2.25. The number of anilines is 1.